The molecule has 1 aromatic heterocycles. The molecular formula is C25H39N3O4. The van der Waals surface area contributed by atoms with E-state index in [2.05, 4.69) is 17.4 Å². The molecule has 2 N–H and O–H groups in total. The number of nitrogens with one attached hydrogen (secondary N) is 1. The molecule has 1 heterocycles. The molecule has 0 saturated heterocycles. The lowest BCUT2D eigenvalue weighted by atomic mass is 9.79. The molecule has 0 spiro atoms. The number of carbonyl (C=O) groups is 2. The topological polar surface area (TPSA) is 91.8 Å². The van der Waals surface area contributed by atoms with Crippen LogP contribution in [0.25, 0.3) is 0 Å². The molecule has 1 unspecified atom stereocenters. The number of fused-ring (bicyclic) bond motifs is 1. The smallest absolute Gasteiger partial charge is 0.326 e. The predicted octanol–water partition coefficient (Wildman–Crippen LogP) is 3.97. The molecule has 7 nitrogen and oxygen atoms in total. The van der Waals surface area contributed by atoms with Gasteiger partial charge in [0, 0.05) is 37.0 Å². The van der Waals surface area contributed by atoms with Crippen molar-refractivity contribution in [3.8, 4) is 0 Å². The summed E-state index contributed by atoms with van der Waals surface area (Å²) < 4.78 is 5.88. The Morgan fingerprint density at radius 2 is 1.97 bits per heavy atom. The molecule has 2 aliphatic carbocycles. The number of pyridine rings is 1. The molecule has 0 aliphatic heterocycles. The lowest BCUT2D eigenvalue weighted by Crippen LogP contribution is -2.52. The summed E-state index contributed by atoms with van der Waals surface area (Å²) in [5.41, 5.74) is 3.56. The SMILES string of the molecule is CN(C(=O)NC(CCOC1CC(CCc2ccc3c(n2)CCCC3)C1)C(=O)O)C(C)(C)C. The lowest BCUT2D eigenvalue weighted by molar-refractivity contribution is -0.140. The molecule has 0 radical (unpaired) electrons. The third kappa shape index (κ3) is 6.67. The number of hydrogen-bond acceptors (Lipinski definition) is 4. The van der Waals surface area contributed by atoms with Crippen LogP contribution in [0.5, 0.6) is 0 Å². The Kier molecular flexibility index (Phi) is 8.15. The zero-order chi connectivity index (χ0) is 23.3. The van der Waals surface area contributed by atoms with Crippen molar-refractivity contribution < 1.29 is 19.4 Å². The molecule has 1 aromatic rings. The summed E-state index contributed by atoms with van der Waals surface area (Å²) in [6, 6.07) is 3.12. The van der Waals surface area contributed by atoms with Crippen molar-refractivity contribution >= 4 is 12.0 Å². The van der Waals surface area contributed by atoms with Crippen LogP contribution in [0.1, 0.15) is 76.2 Å². The third-order valence-corrected chi connectivity index (χ3v) is 6.90. The van der Waals surface area contributed by atoms with Gasteiger partial charge in [0.05, 0.1) is 6.10 Å². The number of amides is 2. The summed E-state index contributed by atoms with van der Waals surface area (Å²) in [6.45, 7) is 6.04. The van der Waals surface area contributed by atoms with Gasteiger partial charge < -0.3 is 20.1 Å². The summed E-state index contributed by atoms with van der Waals surface area (Å²) in [7, 11) is 1.67. The number of aliphatic carboxylic acids is 1. The Bertz CT molecular complexity index is 799. The second-order valence-corrected chi connectivity index (χ2v) is 10.3. The Hall–Kier alpha value is -2.15. The lowest BCUT2D eigenvalue weighted by Gasteiger charge is -2.35. The number of urea groups is 1. The normalized spacial score (nSPS) is 21.2. The average molecular weight is 446 g/mol. The Balaban J connectivity index is 1.33. The van der Waals surface area contributed by atoms with Gasteiger partial charge in [0.15, 0.2) is 0 Å². The highest BCUT2D eigenvalue weighted by atomic mass is 16.5. The Labute approximate surface area is 191 Å². The highest BCUT2D eigenvalue weighted by Crippen LogP contribution is 2.34. The van der Waals surface area contributed by atoms with Crippen LogP contribution in [-0.4, -0.2) is 58.3 Å². The summed E-state index contributed by atoms with van der Waals surface area (Å²) in [5.74, 6) is -0.387. The minimum absolute atomic E-state index is 0.193. The van der Waals surface area contributed by atoms with Crippen LogP contribution < -0.4 is 5.32 Å². The summed E-state index contributed by atoms with van der Waals surface area (Å²) in [5, 5.41) is 12.0. The number of carbonyl (C=O) groups excluding carboxylic acids is 1. The van der Waals surface area contributed by atoms with Crippen molar-refractivity contribution in [3.05, 3.63) is 29.1 Å². The third-order valence-electron chi connectivity index (χ3n) is 6.90. The van der Waals surface area contributed by atoms with Crippen molar-refractivity contribution in [1.82, 2.24) is 15.2 Å². The first-order valence-electron chi connectivity index (χ1n) is 12.0. The Morgan fingerprint density at radius 1 is 1.25 bits per heavy atom. The van der Waals surface area contributed by atoms with Crippen LogP contribution >= 0.6 is 0 Å². The second-order valence-electron chi connectivity index (χ2n) is 10.3. The van der Waals surface area contributed by atoms with Crippen LogP contribution in [0.2, 0.25) is 0 Å². The van der Waals surface area contributed by atoms with Crippen LogP contribution in [0.4, 0.5) is 4.79 Å². The first-order valence-corrected chi connectivity index (χ1v) is 12.0. The van der Waals surface area contributed by atoms with Crippen molar-refractivity contribution in [2.75, 3.05) is 13.7 Å². The van der Waals surface area contributed by atoms with E-state index in [1.807, 2.05) is 20.8 Å². The summed E-state index contributed by atoms with van der Waals surface area (Å²) >= 11 is 0. The molecule has 3 rings (SSSR count). The zero-order valence-corrected chi connectivity index (χ0v) is 20.0. The summed E-state index contributed by atoms with van der Waals surface area (Å²) in [4.78, 5) is 30.2. The number of carboxylic acid groups (broad SMARTS) is 1. The number of aromatic nitrogens is 1. The molecule has 7 heteroatoms. The quantitative estimate of drug-likeness (QED) is 0.600. The molecule has 1 atom stereocenters. The van der Waals surface area contributed by atoms with E-state index in [0.717, 1.165) is 32.1 Å². The number of nitrogens with zero attached hydrogens (tertiary/aromatic N) is 2. The van der Waals surface area contributed by atoms with Gasteiger partial charge in [-0.05, 0) is 89.7 Å². The van der Waals surface area contributed by atoms with Gasteiger partial charge >= 0.3 is 12.0 Å². The Morgan fingerprint density at radius 3 is 2.66 bits per heavy atom. The number of aryl methyl sites for hydroxylation is 3. The summed E-state index contributed by atoms with van der Waals surface area (Å²) in [6.07, 6.45) is 9.45. The molecule has 178 valence electrons. The fourth-order valence-corrected chi connectivity index (χ4v) is 4.33. The van der Waals surface area contributed by atoms with Crippen molar-refractivity contribution in [1.29, 1.82) is 0 Å². The highest BCUT2D eigenvalue weighted by Gasteiger charge is 2.31. The molecular weight excluding hydrogens is 406 g/mol. The maximum atomic E-state index is 12.3. The standard InChI is InChI=1S/C25H39N3O4/c1-25(2,3)28(4)24(31)27-22(23(29)30)13-14-32-20-15-17(16-20)9-11-19-12-10-18-7-5-6-8-21(18)26-19/h10,12,17,20,22H,5-9,11,13-16H2,1-4H3,(H,27,31)(H,29,30). The number of hydrogen-bond donors (Lipinski definition) is 2. The van der Waals surface area contributed by atoms with E-state index in [4.69, 9.17) is 9.72 Å². The van der Waals surface area contributed by atoms with Crippen LogP contribution in [-0.2, 0) is 28.8 Å². The number of rotatable bonds is 9. The number of carboxylic acids is 1. The minimum Gasteiger partial charge on any atom is -0.480 e. The van der Waals surface area contributed by atoms with E-state index in [-0.39, 0.29) is 24.1 Å². The first-order chi connectivity index (χ1) is 15.1. The van der Waals surface area contributed by atoms with Crippen molar-refractivity contribution in [2.24, 2.45) is 5.92 Å². The maximum Gasteiger partial charge on any atom is 0.326 e. The minimum atomic E-state index is -1.03. The van der Waals surface area contributed by atoms with Crippen LogP contribution in [0.15, 0.2) is 12.1 Å². The van der Waals surface area contributed by atoms with Gasteiger partial charge in [0.2, 0.25) is 0 Å². The van der Waals surface area contributed by atoms with Gasteiger partial charge in [-0.3, -0.25) is 4.98 Å². The molecule has 1 fully saturated rings. The van der Waals surface area contributed by atoms with Gasteiger partial charge in [-0.2, -0.15) is 0 Å². The monoisotopic (exact) mass is 445 g/mol. The van der Waals surface area contributed by atoms with Gasteiger partial charge in [-0.1, -0.05) is 6.07 Å². The van der Waals surface area contributed by atoms with Crippen LogP contribution in [0, 0.1) is 5.92 Å². The van der Waals surface area contributed by atoms with E-state index >= 15 is 0 Å². The largest absolute Gasteiger partial charge is 0.480 e. The van der Waals surface area contributed by atoms with E-state index in [9.17, 15) is 14.7 Å². The van der Waals surface area contributed by atoms with Crippen molar-refractivity contribution in [3.63, 3.8) is 0 Å². The molecule has 2 aliphatic rings. The molecule has 0 aromatic carbocycles. The van der Waals surface area contributed by atoms with Gasteiger partial charge in [0.25, 0.3) is 0 Å². The first kappa shape index (κ1) is 24.5. The van der Waals surface area contributed by atoms with Crippen molar-refractivity contribution in [2.45, 2.75) is 96.2 Å². The second kappa shape index (κ2) is 10.6. The fourth-order valence-electron chi connectivity index (χ4n) is 4.33. The molecule has 2 amide bonds. The van der Waals surface area contributed by atoms with Gasteiger partial charge in [-0.15, -0.1) is 0 Å². The average Bonchev–Trinajstić information content (AvgIpc) is 2.72. The van der Waals surface area contributed by atoms with E-state index in [1.54, 1.807) is 7.05 Å². The van der Waals surface area contributed by atoms with E-state index in [0.29, 0.717) is 12.5 Å². The van der Waals surface area contributed by atoms with Gasteiger partial charge in [-0.25, -0.2) is 9.59 Å². The van der Waals surface area contributed by atoms with E-state index in [1.165, 1.54) is 41.1 Å². The zero-order valence-electron chi connectivity index (χ0n) is 20.0. The maximum absolute atomic E-state index is 12.3. The number of ether oxygens (including phenoxy) is 1. The highest BCUT2D eigenvalue weighted by molar-refractivity contribution is 5.82. The van der Waals surface area contributed by atoms with E-state index < -0.39 is 12.0 Å². The fraction of sp³-hybridized carbons (Fsp3) is 0.720. The van der Waals surface area contributed by atoms with Gasteiger partial charge in [0.1, 0.15) is 6.04 Å². The molecule has 1 saturated carbocycles. The molecule has 32 heavy (non-hydrogen) atoms. The predicted molar refractivity (Wildman–Crippen MR) is 124 cm³/mol. The molecule has 0 bridgehead atoms. The van der Waals surface area contributed by atoms with Crippen LogP contribution in [0.3, 0.4) is 0 Å².